The topological polar surface area (TPSA) is 54.5 Å². The number of amides is 1. The minimum absolute atomic E-state index is 0.0565. The molecule has 27 heavy (non-hydrogen) atoms. The third-order valence-corrected chi connectivity index (χ3v) is 4.06. The van der Waals surface area contributed by atoms with Crippen molar-refractivity contribution in [1.29, 1.82) is 0 Å². The maximum atomic E-state index is 12.6. The molecule has 1 N–H and O–H groups in total. The minimum atomic E-state index is -0.0565. The molecule has 1 amide bonds. The van der Waals surface area contributed by atoms with E-state index in [1.165, 1.54) is 0 Å². The van der Waals surface area contributed by atoms with Crippen molar-refractivity contribution in [2.75, 3.05) is 19.0 Å². The SMILES string of the molecule is CCOc1ccc(Nc2ccc(C(=O)N(C)Cc3ccccc3)cn2)cc1. The first-order valence-corrected chi connectivity index (χ1v) is 8.91. The molecule has 0 aliphatic carbocycles. The maximum absolute atomic E-state index is 12.6. The Balaban J connectivity index is 1.61. The number of aromatic nitrogens is 1. The number of ether oxygens (including phenoxy) is 1. The van der Waals surface area contributed by atoms with Gasteiger partial charge in [0.05, 0.1) is 12.2 Å². The third-order valence-electron chi connectivity index (χ3n) is 4.06. The van der Waals surface area contributed by atoms with Gasteiger partial charge in [0.25, 0.3) is 5.91 Å². The number of carbonyl (C=O) groups is 1. The van der Waals surface area contributed by atoms with Crippen LogP contribution >= 0.6 is 0 Å². The fourth-order valence-corrected chi connectivity index (χ4v) is 2.69. The van der Waals surface area contributed by atoms with Crippen molar-refractivity contribution in [2.45, 2.75) is 13.5 Å². The first-order chi connectivity index (χ1) is 13.2. The van der Waals surface area contributed by atoms with Crippen LogP contribution in [0.25, 0.3) is 0 Å². The highest BCUT2D eigenvalue weighted by Gasteiger charge is 2.12. The Labute approximate surface area is 159 Å². The van der Waals surface area contributed by atoms with E-state index in [4.69, 9.17) is 4.74 Å². The van der Waals surface area contributed by atoms with Gasteiger partial charge in [0.1, 0.15) is 11.6 Å². The molecule has 0 aliphatic heterocycles. The van der Waals surface area contributed by atoms with Crippen LogP contribution < -0.4 is 10.1 Å². The van der Waals surface area contributed by atoms with E-state index in [9.17, 15) is 4.79 Å². The van der Waals surface area contributed by atoms with Gasteiger partial charge in [-0.1, -0.05) is 30.3 Å². The van der Waals surface area contributed by atoms with Crippen molar-refractivity contribution in [1.82, 2.24) is 9.88 Å². The Kier molecular flexibility index (Phi) is 6.05. The van der Waals surface area contributed by atoms with E-state index in [1.54, 1.807) is 30.3 Å². The number of rotatable bonds is 7. The zero-order valence-corrected chi connectivity index (χ0v) is 15.6. The summed E-state index contributed by atoms with van der Waals surface area (Å²) in [4.78, 5) is 18.6. The summed E-state index contributed by atoms with van der Waals surface area (Å²) in [6, 6.07) is 21.2. The lowest BCUT2D eigenvalue weighted by molar-refractivity contribution is 0.0784. The fourth-order valence-electron chi connectivity index (χ4n) is 2.69. The summed E-state index contributed by atoms with van der Waals surface area (Å²) in [5.74, 6) is 1.46. The first-order valence-electron chi connectivity index (χ1n) is 8.91. The summed E-state index contributed by atoms with van der Waals surface area (Å²) in [5.41, 5.74) is 2.56. The second kappa shape index (κ2) is 8.85. The highest BCUT2D eigenvalue weighted by Crippen LogP contribution is 2.19. The number of benzene rings is 2. The Morgan fingerprint density at radius 1 is 1.04 bits per heavy atom. The number of nitrogens with one attached hydrogen (secondary N) is 1. The Bertz CT molecular complexity index is 862. The number of hydrogen-bond donors (Lipinski definition) is 1. The number of carbonyl (C=O) groups excluding carboxylic acids is 1. The molecule has 1 aromatic heterocycles. The van der Waals surface area contributed by atoms with Crippen molar-refractivity contribution in [3.05, 3.63) is 84.1 Å². The number of anilines is 2. The van der Waals surface area contributed by atoms with Gasteiger partial charge in [-0.15, -0.1) is 0 Å². The standard InChI is InChI=1S/C22H23N3O2/c1-3-27-20-12-10-19(11-13-20)24-21-14-9-18(15-23-21)22(26)25(2)16-17-7-5-4-6-8-17/h4-15H,3,16H2,1-2H3,(H,23,24). The average Bonchev–Trinajstić information content (AvgIpc) is 2.70. The van der Waals surface area contributed by atoms with Gasteiger partial charge in [-0.05, 0) is 48.9 Å². The van der Waals surface area contributed by atoms with Crippen molar-refractivity contribution in [3.8, 4) is 5.75 Å². The van der Waals surface area contributed by atoms with Crippen LogP contribution in [0, 0.1) is 0 Å². The molecule has 0 radical (unpaired) electrons. The molecule has 3 rings (SSSR count). The van der Waals surface area contributed by atoms with Crippen LogP contribution in [0.15, 0.2) is 72.9 Å². The lowest BCUT2D eigenvalue weighted by Crippen LogP contribution is -2.26. The summed E-state index contributed by atoms with van der Waals surface area (Å²) in [5, 5.41) is 3.22. The Hall–Kier alpha value is -3.34. The third kappa shape index (κ3) is 5.07. The molecule has 5 nitrogen and oxygen atoms in total. The summed E-state index contributed by atoms with van der Waals surface area (Å²) >= 11 is 0. The number of hydrogen-bond acceptors (Lipinski definition) is 4. The molecule has 0 unspecified atom stereocenters. The Morgan fingerprint density at radius 3 is 2.41 bits per heavy atom. The molecule has 0 aliphatic rings. The monoisotopic (exact) mass is 361 g/mol. The van der Waals surface area contributed by atoms with Gasteiger partial charge >= 0.3 is 0 Å². The van der Waals surface area contributed by atoms with Crippen LogP contribution in [0.4, 0.5) is 11.5 Å². The molecule has 0 atom stereocenters. The van der Waals surface area contributed by atoms with Gasteiger partial charge in [-0.2, -0.15) is 0 Å². The van der Waals surface area contributed by atoms with E-state index >= 15 is 0 Å². The smallest absolute Gasteiger partial charge is 0.255 e. The summed E-state index contributed by atoms with van der Waals surface area (Å²) in [6.45, 7) is 3.16. The summed E-state index contributed by atoms with van der Waals surface area (Å²) < 4.78 is 5.43. The van der Waals surface area contributed by atoms with Crippen LogP contribution in [0.1, 0.15) is 22.8 Å². The predicted octanol–water partition coefficient (Wildman–Crippen LogP) is 4.50. The molecule has 138 valence electrons. The largest absolute Gasteiger partial charge is 0.494 e. The van der Waals surface area contributed by atoms with Gasteiger partial charge in [-0.3, -0.25) is 4.79 Å². The lowest BCUT2D eigenvalue weighted by Gasteiger charge is -2.17. The predicted molar refractivity (Wildman–Crippen MR) is 107 cm³/mol. The van der Waals surface area contributed by atoms with Crippen LogP contribution in [-0.2, 0) is 6.54 Å². The molecular formula is C22H23N3O2. The molecule has 0 saturated carbocycles. The van der Waals surface area contributed by atoms with Gasteiger partial charge in [0.2, 0.25) is 0 Å². The quantitative estimate of drug-likeness (QED) is 0.673. The van der Waals surface area contributed by atoms with Gasteiger partial charge in [-0.25, -0.2) is 4.98 Å². The van der Waals surface area contributed by atoms with Crippen LogP contribution in [0.2, 0.25) is 0 Å². The van der Waals surface area contributed by atoms with E-state index in [2.05, 4.69) is 10.3 Å². The molecule has 5 heteroatoms. The molecule has 0 spiro atoms. The fraction of sp³-hybridized carbons (Fsp3) is 0.182. The van der Waals surface area contributed by atoms with Gasteiger partial charge in [0, 0.05) is 25.5 Å². The molecule has 3 aromatic rings. The molecule has 2 aromatic carbocycles. The van der Waals surface area contributed by atoms with E-state index < -0.39 is 0 Å². The first kappa shape index (κ1) is 18.5. The highest BCUT2D eigenvalue weighted by atomic mass is 16.5. The van der Waals surface area contributed by atoms with Crippen molar-refractivity contribution < 1.29 is 9.53 Å². The van der Waals surface area contributed by atoms with Crippen LogP contribution in [0.5, 0.6) is 5.75 Å². The van der Waals surface area contributed by atoms with E-state index in [-0.39, 0.29) is 5.91 Å². The van der Waals surface area contributed by atoms with Gasteiger partial charge < -0.3 is 15.0 Å². The molecular weight excluding hydrogens is 338 g/mol. The second-order valence-corrected chi connectivity index (χ2v) is 6.16. The maximum Gasteiger partial charge on any atom is 0.255 e. The second-order valence-electron chi connectivity index (χ2n) is 6.16. The summed E-state index contributed by atoms with van der Waals surface area (Å²) in [6.07, 6.45) is 1.60. The summed E-state index contributed by atoms with van der Waals surface area (Å²) in [7, 11) is 1.79. The highest BCUT2D eigenvalue weighted by molar-refractivity contribution is 5.93. The Morgan fingerprint density at radius 2 is 1.78 bits per heavy atom. The normalized spacial score (nSPS) is 10.3. The van der Waals surface area contributed by atoms with Gasteiger partial charge in [0.15, 0.2) is 0 Å². The zero-order chi connectivity index (χ0) is 19.1. The molecule has 0 bridgehead atoms. The lowest BCUT2D eigenvalue weighted by atomic mass is 10.2. The number of pyridine rings is 1. The van der Waals surface area contributed by atoms with Crippen LogP contribution in [-0.4, -0.2) is 29.4 Å². The van der Waals surface area contributed by atoms with Crippen molar-refractivity contribution in [3.63, 3.8) is 0 Å². The average molecular weight is 361 g/mol. The molecule has 0 fully saturated rings. The van der Waals surface area contributed by atoms with E-state index in [0.717, 1.165) is 17.0 Å². The van der Waals surface area contributed by atoms with Crippen LogP contribution in [0.3, 0.4) is 0 Å². The number of nitrogens with zero attached hydrogens (tertiary/aromatic N) is 2. The minimum Gasteiger partial charge on any atom is -0.494 e. The van der Waals surface area contributed by atoms with E-state index in [0.29, 0.717) is 24.5 Å². The zero-order valence-electron chi connectivity index (χ0n) is 15.6. The molecule has 0 saturated heterocycles. The van der Waals surface area contributed by atoms with Crippen molar-refractivity contribution in [2.24, 2.45) is 0 Å². The van der Waals surface area contributed by atoms with Crippen molar-refractivity contribution >= 4 is 17.4 Å². The molecule has 1 heterocycles. The van der Waals surface area contributed by atoms with E-state index in [1.807, 2.05) is 61.5 Å².